The Morgan fingerprint density at radius 3 is 2.63 bits per heavy atom. The zero-order chi connectivity index (χ0) is 20.3. The maximum Gasteiger partial charge on any atom is 0.337 e. The van der Waals surface area contributed by atoms with Crippen LogP contribution in [-0.2, 0) is 6.54 Å². The Bertz CT molecular complexity index is 1040. The number of aliphatic hydroxyl groups excluding tert-OH is 1. The van der Waals surface area contributed by atoms with Crippen molar-refractivity contribution in [2.75, 3.05) is 0 Å². The van der Waals surface area contributed by atoms with Crippen LogP contribution in [-0.4, -0.2) is 32.0 Å². The maximum atomic E-state index is 12.6. The van der Waals surface area contributed by atoms with Gasteiger partial charge in [-0.1, -0.05) is 11.6 Å². The highest BCUT2D eigenvalue weighted by Crippen LogP contribution is 2.28. The largest absolute Gasteiger partial charge is 0.493 e. The van der Waals surface area contributed by atoms with Crippen LogP contribution in [0.5, 0.6) is 5.88 Å². The summed E-state index contributed by atoms with van der Waals surface area (Å²) < 4.78 is 0.828. The lowest BCUT2D eigenvalue weighted by Crippen LogP contribution is -2.26. The van der Waals surface area contributed by atoms with E-state index in [1.807, 2.05) is 0 Å². The summed E-state index contributed by atoms with van der Waals surface area (Å²) in [5.74, 6) is -1.82. The Hall–Kier alpha value is -3.22. The molecule has 0 spiro atoms. The number of hydrogen-bond acceptors (Lipinski definition) is 7. The second-order valence-electron chi connectivity index (χ2n) is 5.72. The van der Waals surface area contributed by atoms with Gasteiger partial charge in [0.1, 0.15) is 11.6 Å². The zero-order valence-corrected chi connectivity index (χ0v) is 15.1. The highest BCUT2D eigenvalue weighted by atomic mass is 35.5. The standard InChI is InChI=1S/C17H15ClN4O5/c1-8(23)7-22-15(24)12(6-19)9(2)14(16(22)25)21-20-10-3-4-13(18)11(5-10)17(26)27/h3-5,8,23-24H,7H2,1-2H3,(H,26,27). The molecular formula is C17H15ClN4O5. The summed E-state index contributed by atoms with van der Waals surface area (Å²) in [6, 6.07) is 5.71. The molecular weight excluding hydrogens is 376 g/mol. The van der Waals surface area contributed by atoms with Crippen LogP contribution in [0.4, 0.5) is 11.4 Å². The number of halogens is 1. The molecule has 27 heavy (non-hydrogen) atoms. The van der Waals surface area contributed by atoms with Crippen LogP contribution in [0.15, 0.2) is 33.2 Å². The predicted molar refractivity (Wildman–Crippen MR) is 96.1 cm³/mol. The molecule has 0 radical (unpaired) electrons. The predicted octanol–water partition coefficient (Wildman–Crippen LogP) is 2.88. The number of carboxylic acid groups (broad SMARTS) is 1. The van der Waals surface area contributed by atoms with E-state index in [1.54, 1.807) is 6.07 Å². The van der Waals surface area contributed by atoms with Crippen molar-refractivity contribution in [1.82, 2.24) is 4.57 Å². The Morgan fingerprint density at radius 2 is 2.07 bits per heavy atom. The molecule has 0 aliphatic heterocycles. The van der Waals surface area contributed by atoms with Gasteiger partial charge in [-0.05, 0) is 32.0 Å². The SMILES string of the molecule is Cc1c(C#N)c(O)n(CC(C)O)c(=O)c1N=Nc1ccc(Cl)c(C(=O)O)c1. The van der Waals surface area contributed by atoms with E-state index >= 15 is 0 Å². The summed E-state index contributed by atoms with van der Waals surface area (Å²) in [6.07, 6.45) is -0.956. The fraction of sp³-hybridized carbons (Fsp3) is 0.235. The van der Waals surface area contributed by atoms with Gasteiger partial charge in [0.05, 0.1) is 28.9 Å². The first-order valence-corrected chi connectivity index (χ1v) is 8.04. The number of nitriles is 1. The topological polar surface area (TPSA) is 148 Å². The van der Waals surface area contributed by atoms with E-state index in [9.17, 15) is 25.1 Å². The lowest BCUT2D eigenvalue weighted by Gasteiger charge is -2.14. The number of azo groups is 1. The van der Waals surface area contributed by atoms with Gasteiger partial charge >= 0.3 is 5.97 Å². The van der Waals surface area contributed by atoms with Crippen LogP contribution >= 0.6 is 11.6 Å². The maximum absolute atomic E-state index is 12.6. The number of benzene rings is 1. The number of hydrogen-bond donors (Lipinski definition) is 3. The van der Waals surface area contributed by atoms with Crippen molar-refractivity contribution in [3.8, 4) is 11.9 Å². The van der Waals surface area contributed by atoms with Crippen LogP contribution in [0, 0.1) is 18.3 Å². The number of carbonyl (C=O) groups is 1. The normalized spacial score (nSPS) is 12.1. The van der Waals surface area contributed by atoms with Crippen LogP contribution in [0.3, 0.4) is 0 Å². The summed E-state index contributed by atoms with van der Waals surface area (Å²) in [4.78, 5) is 23.7. The van der Waals surface area contributed by atoms with Crippen molar-refractivity contribution >= 4 is 28.9 Å². The molecule has 2 rings (SSSR count). The molecule has 1 aromatic carbocycles. The summed E-state index contributed by atoms with van der Waals surface area (Å²) in [6.45, 7) is 2.59. The number of nitrogens with zero attached hydrogens (tertiary/aromatic N) is 4. The minimum Gasteiger partial charge on any atom is -0.493 e. The molecule has 0 fully saturated rings. The first-order chi connectivity index (χ1) is 12.7. The quantitative estimate of drug-likeness (QED) is 0.668. The van der Waals surface area contributed by atoms with Crippen molar-refractivity contribution < 1.29 is 20.1 Å². The van der Waals surface area contributed by atoms with Crippen molar-refractivity contribution in [3.63, 3.8) is 0 Å². The molecule has 0 bridgehead atoms. The minimum atomic E-state index is -1.25. The summed E-state index contributed by atoms with van der Waals surface area (Å²) in [5, 5.41) is 45.7. The van der Waals surface area contributed by atoms with Crippen LogP contribution in [0.2, 0.25) is 5.02 Å². The van der Waals surface area contributed by atoms with Gasteiger partial charge in [0, 0.05) is 5.56 Å². The molecule has 0 aliphatic carbocycles. The van der Waals surface area contributed by atoms with Crippen molar-refractivity contribution in [2.45, 2.75) is 26.5 Å². The Balaban J connectivity index is 2.61. The number of aromatic nitrogens is 1. The highest BCUT2D eigenvalue weighted by molar-refractivity contribution is 6.33. The first kappa shape index (κ1) is 20.1. The molecule has 2 aromatic rings. The van der Waals surface area contributed by atoms with E-state index in [4.69, 9.17) is 16.7 Å². The molecule has 1 atom stereocenters. The van der Waals surface area contributed by atoms with E-state index in [0.717, 1.165) is 4.57 Å². The van der Waals surface area contributed by atoms with E-state index < -0.39 is 23.5 Å². The van der Waals surface area contributed by atoms with Gasteiger partial charge < -0.3 is 15.3 Å². The molecule has 9 nitrogen and oxygen atoms in total. The molecule has 0 amide bonds. The molecule has 1 heterocycles. The fourth-order valence-corrected chi connectivity index (χ4v) is 2.54. The third-order valence-corrected chi connectivity index (χ3v) is 3.99. The molecule has 3 N–H and O–H groups in total. The lowest BCUT2D eigenvalue weighted by molar-refractivity contribution is 0.0697. The second kappa shape index (κ2) is 7.99. The first-order valence-electron chi connectivity index (χ1n) is 7.66. The Morgan fingerprint density at radius 1 is 1.41 bits per heavy atom. The van der Waals surface area contributed by atoms with E-state index in [-0.39, 0.29) is 39.6 Å². The molecule has 0 saturated carbocycles. The van der Waals surface area contributed by atoms with Gasteiger partial charge in [-0.15, -0.1) is 5.11 Å². The summed E-state index contributed by atoms with van der Waals surface area (Å²) in [5.41, 5.74) is -1.08. The van der Waals surface area contributed by atoms with Crippen molar-refractivity contribution in [2.24, 2.45) is 10.2 Å². The van der Waals surface area contributed by atoms with Gasteiger partial charge in [-0.2, -0.15) is 10.4 Å². The zero-order valence-electron chi connectivity index (χ0n) is 14.3. The minimum absolute atomic E-state index is 0.0216. The molecule has 0 aliphatic rings. The Labute approximate surface area is 158 Å². The van der Waals surface area contributed by atoms with Crippen LogP contribution < -0.4 is 5.56 Å². The third-order valence-electron chi connectivity index (χ3n) is 3.66. The van der Waals surface area contributed by atoms with Gasteiger partial charge in [0.25, 0.3) is 5.56 Å². The number of rotatable bonds is 5. The number of pyridine rings is 1. The van der Waals surface area contributed by atoms with Gasteiger partial charge in [-0.3, -0.25) is 9.36 Å². The molecule has 0 saturated heterocycles. The van der Waals surface area contributed by atoms with Gasteiger partial charge in [-0.25, -0.2) is 4.79 Å². The fourth-order valence-electron chi connectivity index (χ4n) is 2.34. The second-order valence-corrected chi connectivity index (χ2v) is 6.13. The monoisotopic (exact) mass is 390 g/mol. The third kappa shape index (κ3) is 4.13. The van der Waals surface area contributed by atoms with E-state index in [2.05, 4.69) is 10.2 Å². The molecule has 10 heteroatoms. The average molecular weight is 391 g/mol. The molecule has 1 unspecified atom stereocenters. The summed E-state index contributed by atoms with van der Waals surface area (Å²) in [7, 11) is 0. The van der Waals surface area contributed by atoms with Gasteiger partial charge in [0.15, 0.2) is 5.69 Å². The lowest BCUT2D eigenvalue weighted by atomic mass is 10.1. The highest BCUT2D eigenvalue weighted by Gasteiger charge is 2.20. The molecule has 1 aromatic heterocycles. The number of aromatic carboxylic acids is 1. The van der Waals surface area contributed by atoms with E-state index in [1.165, 1.54) is 32.0 Å². The number of aliphatic hydroxyl groups is 1. The summed E-state index contributed by atoms with van der Waals surface area (Å²) >= 11 is 5.79. The van der Waals surface area contributed by atoms with Crippen molar-refractivity contribution in [3.05, 3.63) is 50.3 Å². The number of aromatic hydroxyl groups is 1. The molecule has 140 valence electrons. The van der Waals surface area contributed by atoms with Crippen LogP contribution in [0.25, 0.3) is 0 Å². The van der Waals surface area contributed by atoms with Crippen molar-refractivity contribution in [1.29, 1.82) is 5.26 Å². The average Bonchev–Trinajstić information content (AvgIpc) is 2.60. The number of carboxylic acids is 1. The van der Waals surface area contributed by atoms with Crippen LogP contribution in [0.1, 0.15) is 28.4 Å². The smallest absolute Gasteiger partial charge is 0.337 e. The van der Waals surface area contributed by atoms with E-state index in [0.29, 0.717) is 0 Å². The Kier molecular flexibility index (Phi) is 5.95. The van der Waals surface area contributed by atoms with Gasteiger partial charge in [0.2, 0.25) is 5.88 Å².